The lowest BCUT2D eigenvalue weighted by atomic mass is 10.0. The molecule has 0 bridgehead atoms. The maximum absolute atomic E-state index is 13.0. The lowest BCUT2D eigenvalue weighted by Crippen LogP contribution is -2.58. The summed E-state index contributed by atoms with van der Waals surface area (Å²) < 4.78 is 55.2. The molecule has 2 saturated heterocycles. The second-order valence-electron chi connectivity index (χ2n) is 10.3. The predicted molar refractivity (Wildman–Crippen MR) is 140 cm³/mol. The van der Waals surface area contributed by atoms with Crippen LogP contribution in [0.1, 0.15) is 54.5 Å². The molecule has 1 unspecified atom stereocenters. The summed E-state index contributed by atoms with van der Waals surface area (Å²) in [4.78, 5) is 25.6. The normalized spacial score (nSPS) is 20.1. The fraction of sp³-hybridized carbons (Fsp3) is 0.393. The van der Waals surface area contributed by atoms with Crippen LogP contribution in [0.5, 0.6) is 5.75 Å². The molecule has 6 rings (SSSR count). The Kier molecular flexibility index (Phi) is 7.30. The molecule has 1 saturated carbocycles. The van der Waals surface area contributed by atoms with Crippen LogP contribution >= 0.6 is 0 Å². The number of aromatic nitrogens is 1. The minimum Gasteiger partial charge on any atom is -0.405 e. The first-order chi connectivity index (χ1) is 19.7. The number of rotatable bonds is 8. The Labute approximate surface area is 233 Å². The molecule has 1 aliphatic carbocycles. The van der Waals surface area contributed by atoms with Gasteiger partial charge in [0, 0.05) is 35.8 Å². The molecule has 1 aromatic heterocycles. The number of hydrogen-bond acceptors (Lipinski definition) is 8. The van der Waals surface area contributed by atoms with Gasteiger partial charge in [-0.15, -0.1) is 13.2 Å². The van der Waals surface area contributed by atoms with Crippen LogP contribution in [0.4, 0.5) is 23.7 Å². The largest absolute Gasteiger partial charge is 0.573 e. The molecule has 3 heterocycles. The van der Waals surface area contributed by atoms with Crippen molar-refractivity contribution in [3.8, 4) is 17.0 Å². The summed E-state index contributed by atoms with van der Waals surface area (Å²) in [5.41, 5.74) is 8.01. The number of alkyl halides is 3. The van der Waals surface area contributed by atoms with Crippen molar-refractivity contribution < 1.29 is 36.8 Å². The fourth-order valence-corrected chi connectivity index (χ4v) is 5.23. The molecular weight excluding hydrogens is 543 g/mol. The third-order valence-corrected chi connectivity index (χ3v) is 7.46. The number of imide groups is 1. The quantitative estimate of drug-likeness (QED) is 0.357. The summed E-state index contributed by atoms with van der Waals surface area (Å²) in [6.45, 7) is 1.67. The Balaban J connectivity index is 1.09. The highest BCUT2D eigenvalue weighted by Gasteiger charge is 2.36. The van der Waals surface area contributed by atoms with Gasteiger partial charge in [-0.1, -0.05) is 29.4 Å². The van der Waals surface area contributed by atoms with Crippen LogP contribution in [0.2, 0.25) is 0 Å². The molecule has 13 heteroatoms. The number of halogens is 3. The van der Waals surface area contributed by atoms with Crippen molar-refractivity contribution in [2.24, 2.45) is 0 Å². The molecule has 1 atom stereocenters. The highest BCUT2D eigenvalue weighted by Crippen LogP contribution is 2.45. The highest BCUT2D eigenvalue weighted by atomic mass is 19.4. The van der Waals surface area contributed by atoms with E-state index in [1.54, 1.807) is 6.07 Å². The van der Waals surface area contributed by atoms with Crippen molar-refractivity contribution in [2.45, 2.75) is 56.7 Å². The van der Waals surface area contributed by atoms with Crippen LogP contribution in [0.3, 0.4) is 0 Å². The van der Waals surface area contributed by atoms with E-state index in [0.717, 1.165) is 50.0 Å². The molecule has 216 valence electrons. The summed E-state index contributed by atoms with van der Waals surface area (Å²) in [5, 5.41) is 6.38. The van der Waals surface area contributed by atoms with E-state index in [0.29, 0.717) is 17.0 Å². The number of urea groups is 1. The van der Waals surface area contributed by atoms with Crippen molar-refractivity contribution >= 4 is 17.6 Å². The molecule has 10 nitrogen and oxygen atoms in total. The first kappa shape index (κ1) is 27.1. The number of hydrazine groups is 1. The highest BCUT2D eigenvalue weighted by molar-refractivity contribution is 5.99. The van der Waals surface area contributed by atoms with Crippen LogP contribution in [0.15, 0.2) is 53.1 Å². The number of hydrogen-bond donors (Lipinski definition) is 3. The number of carbonyl (C=O) groups is 2. The lowest BCUT2D eigenvalue weighted by molar-refractivity contribution is -0.274. The molecule has 0 radical (unpaired) electrons. The minimum atomic E-state index is -4.83. The number of para-hydroxylation sites is 1. The van der Waals surface area contributed by atoms with Crippen molar-refractivity contribution in [1.29, 1.82) is 0 Å². The zero-order valence-corrected chi connectivity index (χ0v) is 21.9. The van der Waals surface area contributed by atoms with Gasteiger partial charge in [-0.2, -0.15) is 0 Å². The number of nitrogens with zero attached hydrogens (tertiary/aromatic N) is 2. The van der Waals surface area contributed by atoms with Gasteiger partial charge in [0.1, 0.15) is 23.2 Å². The molecule has 0 spiro atoms. The molecule has 41 heavy (non-hydrogen) atoms. The second-order valence-corrected chi connectivity index (χ2v) is 10.3. The van der Waals surface area contributed by atoms with E-state index in [9.17, 15) is 22.8 Å². The molecule has 3 amide bonds. The van der Waals surface area contributed by atoms with Gasteiger partial charge in [0.15, 0.2) is 0 Å². The average Bonchev–Trinajstić information content (AvgIpc) is 3.71. The van der Waals surface area contributed by atoms with Crippen molar-refractivity contribution in [1.82, 2.24) is 21.3 Å². The second kappa shape index (κ2) is 11.1. The average molecular weight is 572 g/mol. The van der Waals surface area contributed by atoms with Crippen LogP contribution in [0.25, 0.3) is 11.3 Å². The Morgan fingerprint density at radius 2 is 1.73 bits per heavy atom. The van der Waals surface area contributed by atoms with E-state index in [1.165, 1.54) is 18.2 Å². The minimum absolute atomic E-state index is 0.0410. The molecule has 3 aliphatic rings. The van der Waals surface area contributed by atoms with Gasteiger partial charge in [-0.05, 0) is 55.5 Å². The Hall–Kier alpha value is -4.10. The molecule has 2 aromatic carbocycles. The smallest absolute Gasteiger partial charge is 0.405 e. The number of amides is 3. The number of ether oxygens (including phenoxy) is 2. The van der Waals surface area contributed by atoms with Gasteiger partial charge in [0.2, 0.25) is 0 Å². The Morgan fingerprint density at radius 1 is 1.00 bits per heavy atom. The zero-order chi connectivity index (χ0) is 28.6. The number of anilines is 1. The van der Waals surface area contributed by atoms with Gasteiger partial charge < -0.3 is 18.9 Å². The van der Waals surface area contributed by atoms with Crippen LogP contribution in [-0.4, -0.2) is 42.7 Å². The van der Waals surface area contributed by atoms with Gasteiger partial charge in [-0.25, -0.2) is 10.2 Å². The van der Waals surface area contributed by atoms with E-state index >= 15 is 0 Å². The van der Waals surface area contributed by atoms with Gasteiger partial charge >= 0.3 is 12.4 Å². The summed E-state index contributed by atoms with van der Waals surface area (Å²) in [6, 6.07) is 12.2. The SMILES string of the molecule is O=C1NNC(c2ccc(N3CCC(OCc4c(-c5ccccc5OC(F)(F)F)noc4C4CC4)CC3)cc2)C(=O)N1. The third kappa shape index (κ3) is 6.15. The third-order valence-electron chi connectivity index (χ3n) is 7.46. The summed E-state index contributed by atoms with van der Waals surface area (Å²) >= 11 is 0. The van der Waals surface area contributed by atoms with E-state index in [4.69, 9.17) is 9.26 Å². The van der Waals surface area contributed by atoms with Crippen molar-refractivity contribution in [3.05, 3.63) is 65.4 Å². The Morgan fingerprint density at radius 3 is 2.41 bits per heavy atom. The van der Waals surface area contributed by atoms with E-state index in [2.05, 4.69) is 31.0 Å². The Bertz CT molecular complexity index is 1420. The molecule has 3 fully saturated rings. The summed E-state index contributed by atoms with van der Waals surface area (Å²) in [6.07, 6.45) is -1.48. The maximum atomic E-state index is 13.0. The summed E-state index contributed by atoms with van der Waals surface area (Å²) in [5.74, 6) is 0.110. The molecule has 3 N–H and O–H groups in total. The monoisotopic (exact) mass is 571 g/mol. The van der Waals surface area contributed by atoms with Crippen LogP contribution in [-0.2, 0) is 16.1 Å². The predicted octanol–water partition coefficient (Wildman–Crippen LogP) is 4.69. The zero-order valence-electron chi connectivity index (χ0n) is 21.9. The maximum Gasteiger partial charge on any atom is 0.573 e. The van der Waals surface area contributed by atoms with Crippen LogP contribution < -0.4 is 25.8 Å². The topological polar surface area (TPSA) is 118 Å². The van der Waals surface area contributed by atoms with Crippen molar-refractivity contribution in [3.63, 3.8) is 0 Å². The summed E-state index contributed by atoms with van der Waals surface area (Å²) in [7, 11) is 0. The van der Waals surface area contributed by atoms with E-state index < -0.39 is 24.3 Å². The van der Waals surface area contributed by atoms with Crippen molar-refractivity contribution in [2.75, 3.05) is 18.0 Å². The first-order valence-corrected chi connectivity index (χ1v) is 13.4. The number of benzene rings is 2. The number of carbonyl (C=O) groups excluding carboxylic acids is 2. The molecule has 3 aromatic rings. The molecule has 2 aliphatic heterocycles. The lowest BCUT2D eigenvalue weighted by Gasteiger charge is -2.34. The fourth-order valence-electron chi connectivity index (χ4n) is 5.23. The van der Waals surface area contributed by atoms with Crippen LogP contribution in [0, 0.1) is 0 Å². The van der Waals surface area contributed by atoms with E-state index in [-0.39, 0.29) is 29.9 Å². The van der Waals surface area contributed by atoms with Gasteiger partial charge in [-0.3, -0.25) is 15.5 Å². The van der Waals surface area contributed by atoms with Gasteiger partial charge in [0.05, 0.1) is 12.7 Å². The number of piperidine rings is 1. The number of nitrogens with one attached hydrogen (secondary N) is 3. The van der Waals surface area contributed by atoms with Gasteiger partial charge in [0.25, 0.3) is 5.91 Å². The van der Waals surface area contributed by atoms with E-state index in [1.807, 2.05) is 24.3 Å². The first-order valence-electron chi connectivity index (χ1n) is 13.4. The standard InChI is InChI=1S/C28H28F3N5O5/c29-28(30,31)40-22-4-2-1-3-20(22)24-21(25(41-35-24)17-5-6-17)15-39-19-11-13-36(14-12-19)18-9-7-16(8-10-18)23-26(37)32-27(38)34-33-23/h1-4,7-10,17,19,23,33H,5-6,11-15H2,(H2,32,34,37,38). The molecular formula is C28H28F3N5O5.